The molecule has 1 fully saturated rings. The number of nitro benzene ring substituents is 1. The van der Waals surface area contributed by atoms with Crippen LogP contribution in [0.3, 0.4) is 0 Å². The van der Waals surface area contributed by atoms with Gasteiger partial charge in [-0.25, -0.2) is 4.39 Å². The molecule has 2 rings (SSSR count). The van der Waals surface area contributed by atoms with E-state index in [1.165, 1.54) is 6.07 Å². The van der Waals surface area contributed by atoms with Gasteiger partial charge in [0.2, 0.25) is 0 Å². The Kier molecular flexibility index (Phi) is 3.71. The van der Waals surface area contributed by atoms with Crippen LogP contribution in [-0.4, -0.2) is 23.2 Å². The number of anilines is 1. The van der Waals surface area contributed by atoms with Gasteiger partial charge in [0.15, 0.2) is 0 Å². The number of benzene rings is 1. The summed E-state index contributed by atoms with van der Waals surface area (Å²) in [4.78, 5) is 10.2. The van der Waals surface area contributed by atoms with Gasteiger partial charge in [-0.3, -0.25) is 10.1 Å². The molecule has 0 aromatic heterocycles. The zero-order valence-corrected chi connectivity index (χ0v) is 11.0. The van der Waals surface area contributed by atoms with Crippen molar-refractivity contribution in [2.75, 3.05) is 11.9 Å². The minimum atomic E-state index is -0.529. The molecule has 0 radical (unpaired) electrons. The maximum Gasteiger partial charge on any atom is 0.271 e. The first-order valence-corrected chi connectivity index (χ1v) is 6.22. The van der Waals surface area contributed by atoms with Gasteiger partial charge in [-0.1, -0.05) is 0 Å². The third-order valence-corrected chi connectivity index (χ3v) is 3.22. The molecule has 1 aromatic carbocycles. The van der Waals surface area contributed by atoms with E-state index in [2.05, 4.69) is 5.32 Å². The van der Waals surface area contributed by atoms with E-state index in [9.17, 15) is 14.5 Å². The molecule has 0 amide bonds. The van der Waals surface area contributed by atoms with E-state index in [1.54, 1.807) is 0 Å². The molecule has 0 aliphatic carbocycles. The van der Waals surface area contributed by atoms with Crippen LogP contribution in [0.2, 0.25) is 0 Å². The SMILES string of the molecule is CC1(C)CC(Nc2cc([N+](=O)[O-])ccc2F)CCO1. The highest BCUT2D eigenvalue weighted by atomic mass is 19.1. The van der Waals surface area contributed by atoms with E-state index >= 15 is 0 Å². The summed E-state index contributed by atoms with van der Waals surface area (Å²) in [6, 6.07) is 3.57. The fourth-order valence-corrected chi connectivity index (χ4v) is 2.31. The van der Waals surface area contributed by atoms with Crippen LogP contribution in [0.25, 0.3) is 0 Å². The van der Waals surface area contributed by atoms with Gasteiger partial charge in [0.05, 0.1) is 16.2 Å². The predicted octanol–water partition coefficient (Wildman–Crippen LogP) is 3.10. The molecule has 5 nitrogen and oxygen atoms in total. The van der Waals surface area contributed by atoms with Crippen LogP contribution >= 0.6 is 0 Å². The second-order valence-electron chi connectivity index (χ2n) is 5.36. The Balaban J connectivity index is 2.14. The Morgan fingerprint density at radius 3 is 2.89 bits per heavy atom. The molecule has 0 spiro atoms. The standard InChI is InChI=1S/C13H17FN2O3/c1-13(2)8-9(5-6-19-13)15-12-7-10(16(17)18)3-4-11(12)14/h3-4,7,9,15H,5-6,8H2,1-2H3. The number of hydrogen-bond donors (Lipinski definition) is 1. The van der Waals surface area contributed by atoms with Crippen molar-refractivity contribution < 1.29 is 14.1 Å². The minimum absolute atomic E-state index is 0.0558. The van der Waals surface area contributed by atoms with E-state index < -0.39 is 10.7 Å². The van der Waals surface area contributed by atoms with Crippen molar-refractivity contribution >= 4 is 11.4 Å². The summed E-state index contributed by atoms with van der Waals surface area (Å²) < 4.78 is 19.2. The molecule has 1 unspecified atom stereocenters. The number of nitro groups is 1. The lowest BCUT2D eigenvalue weighted by Crippen LogP contribution is -2.40. The topological polar surface area (TPSA) is 64.4 Å². The molecule has 1 N–H and O–H groups in total. The van der Waals surface area contributed by atoms with Crippen molar-refractivity contribution in [2.45, 2.75) is 38.3 Å². The summed E-state index contributed by atoms with van der Waals surface area (Å²) in [5.74, 6) is -0.477. The summed E-state index contributed by atoms with van der Waals surface area (Å²) in [7, 11) is 0. The smallest absolute Gasteiger partial charge is 0.271 e. The van der Waals surface area contributed by atoms with E-state index in [0.29, 0.717) is 6.61 Å². The minimum Gasteiger partial charge on any atom is -0.380 e. The quantitative estimate of drug-likeness (QED) is 0.675. The number of hydrogen-bond acceptors (Lipinski definition) is 4. The van der Waals surface area contributed by atoms with Crippen molar-refractivity contribution in [3.63, 3.8) is 0 Å². The Bertz CT molecular complexity index is 491. The summed E-state index contributed by atoms with van der Waals surface area (Å²) in [6.07, 6.45) is 1.49. The second kappa shape index (κ2) is 5.13. The molecule has 1 aliphatic heterocycles. The van der Waals surface area contributed by atoms with Gasteiger partial charge < -0.3 is 10.1 Å². The number of non-ortho nitro benzene ring substituents is 1. The molecule has 1 aromatic rings. The van der Waals surface area contributed by atoms with Crippen molar-refractivity contribution in [1.29, 1.82) is 0 Å². The highest BCUT2D eigenvalue weighted by molar-refractivity contribution is 5.52. The molecule has 104 valence electrons. The fourth-order valence-electron chi connectivity index (χ4n) is 2.31. The maximum absolute atomic E-state index is 13.7. The van der Waals surface area contributed by atoms with Crippen molar-refractivity contribution in [3.05, 3.63) is 34.1 Å². The lowest BCUT2D eigenvalue weighted by atomic mass is 9.94. The molecule has 1 aliphatic rings. The van der Waals surface area contributed by atoms with Gasteiger partial charge in [-0.15, -0.1) is 0 Å². The van der Waals surface area contributed by atoms with E-state index in [4.69, 9.17) is 4.74 Å². The number of nitrogens with zero attached hydrogens (tertiary/aromatic N) is 1. The first-order chi connectivity index (χ1) is 8.87. The van der Waals surface area contributed by atoms with Crippen LogP contribution in [-0.2, 0) is 4.74 Å². The van der Waals surface area contributed by atoms with E-state index in [0.717, 1.165) is 25.0 Å². The van der Waals surface area contributed by atoms with E-state index in [1.807, 2.05) is 13.8 Å². The van der Waals surface area contributed by atoms with Gasteiger partial charge in [0.25, 0.3) is 5.69 Å². The van der Waals surface area contributed by atoms with Gasteiger partial charge in [0.1, 0.15) is 5.82 Å². The predicted molar refractivity (Wildman–Crippen MR) is 69.7 cm³/mol. The van der Waals surface area contributed by atoms with Crippen LogP contribution < -0.4 is 5.32 Å². The fraction of sp³-hybridized carbons (Fsp3) is 0.538. The lowest BCUT2D eigenvalue weighted by Gasteiger charge is -2.36. The molecule has 6 heteroatoms. The molecule has 0 bridgehead atoms. The Morgan fingerprint density at radius 1 is 1.53 bits per heavy atom. The highest BCUT2D eigenvalue weighted by Crippen LogP contribution is 2.28. The molecule has 1 heterocycles. The van der Waals surface area contributed by atoms with Crippen LogP contribution in [0.5, 0.6) is 0 Å². The monoisotopic (exact) mass is 268 g/mol. The van der Waals surface area contributed by atoms with Crippen molar-refractivity contribution in [2.24, 2.45) is 0 Å². The third kappa shape index (κ3) is 3.41. The number of nitrogens with one attached hydrogen (secondary N) is 1. The summed E-state index contributed by atoms with van der Waals surface area (Å²) in [5.41, 5.74) is -0.195. The van der Waals surface area contributed by atoms with Gasteiger partial charge in [-0.05, 0) is 32.8 Å². The zero-order valence-electron chi connectivity index (χ0n) is 11.0. The molecule has 19 heavy (non-hydrogen) atoms. The number of halogens is 1. The molecular weight excluding hydrogens is 251 g/mol. The largest absolute Gasteiger partial charge is 0.380 e. The van der Waals surface area contributed by atoms with Crippen LogP contribution in [0.1, 0.15) is 26.7 Å². The molecular formula is C13H17FN2O3. The van der Waals surface area contributed by atoms with Crippen molar-refractivity contribution in [3.8, 4) is 0 Å². The Labute approximate surface area is 110 Å². The maximum atomic E-state index is 13.7. The summed E-state index contributed by atoms with van der Waals surface area (Å²) in [6.45, 7) is 4.55. The number of ether oxygens (including phenoxy) is 1. The van der Waals surface area contributed by atoms with Gasteiger partial charge in [0, 0.05) is 24.8 Å². The van der Waals surface area contributed by atoms with E-state index in [-0.39, 0.29) is 23.0 Å². The first kappa shape index (κ1) is 13.7. The second-order valence-corrected chi connectivity index (χ2v) is 5.36. The first-order valence-electron chi connectivity index (χ1n) is 6.22. The summed E-state index contributed by atoms with van der Waals surface area (Å²) in [5, 5.41) is 13.7. The molecule has 1 saturated heterocycles. The normalized spacial score (nSPS) is 21.9. The Hall–Kier alpha value is -1.69. The van der Waals surface area contributed by atoms with Gasteiger partial charge >= 0.3 is 0 Å². The average molecular weight is 268 g/mol. The zero-order chi connectivity index (χ0) is 14.0. The van der Waals surface area contributed by atoms with Crippen LogP contribution in [0.15, 0.2) is 18.2 Å². The molecule has 0 saturated carbocycles. The third-order valence-electron chi connectivity index (χ3n) is 3.22. The Morgan fingerprint density at radius 2 is 2.26 bits per heavy atom. The highest BCUT2D eigenvalue weighted by Gasteiger charge is 2.29. The lowest BCUT2D eigenvalue weighted by molar-refractivity contribution is -0.384. The average Bonchev–Trinajstić information content (AvgIpc) is 2.30. The number of rotatable bonds is 3. The van der Waals surface area contributed by atoms with Gasteiger partial charge in [-0.2, -0.15) is 0 Å². The van der Waals surface area contributed by atoms with Crippen LogP contribution in [0.4, 0.5) is 15.8 Å². The molecule has 1 atom stereocenters. The van der Waals surface area contributed by atoms with Crippen LogP contribution in [0, 0.1) is 15.9 Å². The van der Waals surface area contributed by atoms with Crippen molar-refractivity contribution in [1.82, 2.24) is 0 Å². The summed E-state index contributed by atoms with van der Waals surface area (Å²) >= 11 is 0.